The third-order valence-electron chi connectivity index (χ3n) is 4.20. The van der Waals surface area contributed by atoms with Gasteiger partial charge in [-0.3, -0.25) is 9.69 Å². The molecule has 0 bridgehead atoms. The highest BCUT2D eigenvalue weighted by molar-refractivity contribution is 5.73. The Morgan fingerprint density at radius 1 is 1.42 bits per heavy atom. The van der Waals surface area contributed by atoms with E-state index in [2.05, 4.69) is 43.0 Å². The van der Waals surface area contributed by atoms with Crippen molar-refractivity contribution in [2.75, 3.05) is 6.54 Å². The molecule has 1 saturated heterocycles. The minimum absolute atomic E-state index is 0.297. The number of aliphatic carboxylic acids is 1. The van der Waals surface area contributed by atoms with Crippen molar-refractivity contribution < 1.29 is 9.90 Å². The van der Waals surface area contributed by atoms with Gasteiger partial charge in [0.15, 0.2) is 0 Å². The second-order valence-corrected chi connectivity index (χ2v) is 5.52. The summed E-state index contributed by atoms with van der Waals surface area (Å²) in [7, 11) is 0. The van der Waals surface area contributed by atoms with E-state index in [1.807, 2.05) is 0 Å². The van der Waals surface area contributed by atoms with E-state index in [9.17, 15) is 4.79 Å². The van der Waals surface area contributed by atoms with Crippen molar-refractivity contribution in [3.8, 4) is 0 Å². The number of carboxylic acid groups (broad SMARTS) is 1. The van der Waals surface area contributed by atoms with Crippen molar-refractivity contribution in [3.05, 3.63) is 35.4 Å². The van der Waals surface area contributed by atoms with Crippen LogP contribution in [0.2, 0.25) is 0 Å². The van der Waals surface area contributed by atoms with Crippen molar-refractivity contribution in [2.45, 2.75) is 51.6 Å². The molecular weight excluding hydrogens is 238 g/mol. The van der Waals surface area contributed by atoms with E-state index in [4.69, 9.17) is 5.11 Å². The maximum absolute atomic E-state index is 11.1. The first-order valence-corrected chi connectivity index (χ1v) is 7.17. The number of rotatable bonds is 5. The van der Waals surface area contributed by atoms with Gasteiger partial charge >= 0.3 is 5.97 Å². The number of nitrogens with zero attached hydrogens (tertiary/aromatic N) is 1. The van der Waals surface area contributed by atoms with Gasteiger partial charge in [0.05, 0.1) is 0 Å². The van der Waals surface area contributed by atoms with Crippen LogP contribution in [0, 0.1) is 0 Å². The number of benzene rings is 1. The van der Waals surface area contributed by atoms with E-state index in [1.54, 1.807) is 0 Å². The molecule has 1 aliphatic heterocycles. The van der Waals surface area contributed by atoms with Crippen LogP contribution in [0.1, 0.15) is 50.2 Å². The standard InChI is InChI=1S/C16H23NO2/c1-3-12(2)14-8-6-13(7-9-14)11-17-10-4-5-15(17)16(18)19/h6-9,12,15H,3-5,10-11H2,1-2H3,(H,18,19). The van der Waals surface area contributed by atoms with E-state index < -0.39 is 5.97 Å². The van der Waals surface area contributed by atoms with Gasteiger partial charge in [-0.15, -0.1) is 0 Å². The molecule has 19 heavy (non-hydrogen) atoms. The van der Waals surface area contributed by atoms with E-state index in [-0.39, 0.29) is 6.04 Å². The quantitative estimate of drug-likeness (QED) is 0.884. The number of hydrogen-bond acceptors (Lipinski definition) is 2. The lowest BCUT2D eigenvalue weighted by atomic mass is 9.97. The Balaban J connectivity index is 2.01. The highest BCUT2D eigenvalue weighted by Crippen LogP contribution is 2.22. The van der Waals surface area contributed by atoms with Gasteiger partial charge in [0.25, 0.3) is 0 Å². The van der Waals surface area contributed by atoms with Gasteiger partial charge in [-0.2, -0.15) is 0 Å². The third kappa shape index (κ3) is 3.35. The molecule has 3 heteroatoms. The Bertz CT molecular complexity index is 427. The Morgan fingerprint density at radius 3 is 2.68 bits per heavy atom. The first-order chi connectivity index (χ1) is 9.11. The van der Waals surface area contributed by atoms with Crippen molar-refractivity contribution in [3.63, 3.8) is 0 Å². The summed E-state index contributed by atoms with van der Waals surface area (Å²) in [5.41, 5.74) is 2.57. The first-order valence-electron chi connectivity index (χ1n) is 7.17. The van der Waals surface area contributed by atoms with Crippen LogP contribution in [0.4, 0.5) is 0 Å². The van der Waals surface area contributed by atoms with Crippen LogP contribution in [0.25, 0.3) is 0 Å². The molecule has 0 aromatic heterocycles. The molecule has 3 nitrogen and oxygen atoms in total. The number of likely N-dealkylation sites (tertiary alicyclic amines) is 1. The third-order valence-corrected chi connectivity index (χ3v) is 4.20. The molecule has 2 atom stereocenters. The van der Waals surface area contributed by atoms with Crippen molar-refractivity contribution in [1.82, 2.24) is 4.90 Å². The molecule has 0 aliphatic carbocycles. The van der Waals surface area contributed by atoms with Gasteiger partial charge in [0, 0.05) is 6.54 Å². The van der Waals surface area contributed by atoms with Crippen LogP contribution in [0.5, 0.6) is 0 Å². The van der Waals surface area contributed by atoms with Gasteiger partial charge in [0.1, 0.15) is 6.04 Å². The van der Waals surface area contributed by atoms with Crippen LogP contribution in [0.3, 0.4) is 0 Å². The Kier molecular flexibility index (Phi) is 4.59. The Labute approximate surface area is 115 Å². The van der Waals surface area contributed by atoms with Crippen LogP contribution in [0.15, 0.2) is 24.3 Å². The van der Waals surface area contributed by atoms with E-state index in [1.165, 1.54) is 11.1 Å². The van der Waals surface area contributed by atoms with Crippen LogP contribution in [-0.4, -0.2) is 28.6 Å². The summed E-state index contributed by atoms with van der Waals surface area (Å²) in [6.07, 6.45) is 2.91. The van der Waals surface area contributed by atoms with Crippen molar-refractivity contribution in [1.29, 1.82) is 0 Å². The fourth-order valence-corrected chi connectivity index (χ4v) is 2.72. The SMILES string of the molecule is CCC(C)c1ccc(CN2CCCC2C(=O)O)cc1. The maximum Gasteiger partial charge on any atom is 0.320 e. The summed E-state index contributed by atoms with van der Waals surface area (Å²) in [6, 6.07) is 8.33. The molecule has 0 spiro atoms. The van der Waals surface area contributed by atoms with Crippen molar-refractivity contribution in [2.24, 2.45) is 0 Å². The average Bonchev–Trinajstić information content (AvgIpc) is 2.87. The molecular formula is C16H23NO2. The zero-order valence-corrected chi connectivity index (χ0v) is 11.8. The smallest absolute Gasteiger partial charge is 0.320 e. The second kappa shape index (κ2) is 6.20. The van der Waals surface area contributed by atoms with Crippen LogP contribution >= 0.6 is 0 Å². The zero-order valence-electron chi connectivity index (χ0n) is 11.8. The molecule has 1 heterocycles. The molecule has 0 amide bonds. The molecule has 1 N–H and O–H groups in total. The highest BCUT2D eigenvalue weighted by atomic mass is 16.4. The summed E-state index contributed by atoms with van der Waals surface area (Å²) in [5.74, 6) is -0.0960. The Hall–Kier alpha value is -1.35. The number of carbonyl (C=O) groups is 1. The second-order valence-electron chi connectivity index (χ2n) is 5.52. The summed E-state index contributed by atoms with van der Waals surface area (Å²) in [6.45, 7) is 6.07. The average molecular weight is 261 g/mol. The predicted molar refractivity (Wildman–Crippen MR) is 76.2 cm³/mol. The van der Waals surface area contributed by atoms with Gasteiger partial charge in [0.2, 0.25) is 0 Å². The first kappa shape index (κ1) is 14.1. The van der Waals surface area contributed by atoms with Gasteiger partial charge < -0.3 is 5.11 Å². The lowest BCUT2D eigenvalue weighted by Gasteiger charge is -2.21. The monoisotopic (exact) mass is 261 g/mol. The lowest BCUT2D eigenvalue weighted by Crippen LogP contribution is -2.35. The topological polar surface area (TPSA) is 40.5 Å². The molecule has 2 unspecified atom stereocenters. The van der Waals surface area contributed by atoms with Gasteiger partial charge in [-0.05, 0) is 42.9 Å². The molecule has 1 aromatic rings. The lowest BCUT2D eigenvalue weighted by molar-refractivity contribution is -0.142. The summed E-state index contributed by atoms with van der Waals surface area (Å²) in [4.78, 5) is 13.2. The van der Waals surface area contributed by atoms with Crippen molar-refractivity contribution >= 4 is 5.97 Å². The molecule has 1 aromatic carbocycles. The maximum atomic E-state index is 11.1. The number of hydrogen-bond donors (Lipinski definition) is 1. The minimum Gasteiger partial charge on any atom is -0.480 e. The molecule has 0 radical (unpaired) electrons. The zero-order chi connectivity index (χ0) is 13.8. The van der Waals surface area contributed by atoms with Gasteiger partial charge in [-0.25, -0.2) is 0 Å². The predicted octanol–water partition coefficient (Wildman–Crippen LogP) is 3.25. The molecule has 104 valence electrons. The molecule has 1 aliphatic rings. The Morgan fingerprint density at radius 2 is 2.11 bits per heavy atom. The van der Waals surface area contributed by atoms with E-state index in [0.29, 0.717) is 5.92 Å². The number of carboxylic acids is 1. The highest BCUT2D eigenvalue weighted by Gasteiger charge is 2.30. The molecule has 1 fully saturated rings. The fraction of sp³-hybridized carbons (Fsp3) is 0.562. The summed E-state index contributed by atoms with van der Waals surface area (Å²) in [5, 5.41) is 9.17. The summed E-state index contributed by atoms with van der Waals surface area (Å²) < 4.78 is 0. The fourth-order valence-electron chi connectivity index (χ4n) is 2.72. The van der Waals surface area contributed by atoms with Crippen LogP contribution < -0.4 is 0 Å². The van der Waals surface area contributed by atoms with E-state index >= 15 is 0 Å². The largest absolute Gasteiger partial charge is 0.480 e. The summed E-state index contributed by atoms with van der Waals surface area (Å²) >= 11 is 0. The normalized spacial score (nSPS) is 21.5. The van der Waals surface area contributed by atoms with Crippen LogP contribution in [-0.2, 0) is 11.3 Å². The molecule has 2 rings (SSSR count). The minimum atomic E-state index is -0.686. The molecule has 0 saturated carbocycles. The van der Waals surface area contributed by atoms with E-state index in [0.717, 1.165) is 32.4 Å². The van der Waals surface area contributed by atoms with Gasteiger partial charge in [-0.1, -0.05) is 38.1 Å².